The van der Waals surface area contributed by atoms with Gasteiger partial charge in [0, 0.05) is 0 Å². The molecule has 0 N–H and O–H groups in total. The summed E-state index contributed by atoms with van der Waals surface area (Å²) < 4.78 is 14.0. The van der Waals surface area contributed by atoms with Crippen molar-refractivity contribution in [3.63, 3.8) is 0 Å². The molecule has 0 amide bonds. The molecule has 2 aliphatic heterocycles. The maximum atomic E-state index is 7.28. The molecule has 2 heterocycles. The molecule has 38 heavy (non-hydrogen) atoms. The standard InChI is InChI=1S/C34H38O2P2/c1-27-25-28(2)36-34-33(26-35-27)37(29-15-7-3-8-16-29,30-17-9-4-10-18-30)23-24-38(34,31-19-11-5-12-20-31)32-21-13-6-14-22-32/h3-22,27-28,37-38H,23-26H2,1-2H3. The van der Waals surface area contributed by atoms with Crippen LogP contribution in [0.3, 0.4) is 0 Å². The van der Waals surface area contributed by atoms with Crippen LogP contribution in [0.1, 0.15) is 20.3 Å². The Labute approximate surface area is 228 Å². The van der Waals surface area contributed by atoms with Crippen molar-refractivity contribution in [3.8, 4) is 0 Å². The molecular formula is C34H38O2P2. The van der Waals surface area contributed by atoms with Crippen molar-refractivity contribution in [1.82, 2.24) is 0 Å². The van der Waals surface area contributed by atoms with Gasteiger partial charge in [-0.1, -0.05) is 0 Å². The van der Waals surface area contributed by atoms with Crippen molar-refractivity contribution in [2.45, 2.75) is 32.5 Å². The molecular weight excluding hydrogens is 502 g/mol. The Bertz CT molecular complexity index is 1310. The van der Waals surface area contributed by atoms with Crippen LogP contribution in [0.4, 0.5) is 0 Å². The molecule has 0 saturated carbocycles. The first kappa shape index (κ1) is 25.5. The Morgan fingerprint density at radius 3 is 1.37 bits per heavy atom. The summed E-state index contributed by atoms with van der Waals surface area (Å²) in [5, 5.41) is 7.22. The van der Waals surface area contributed by atoms with E-state index in [-0.39, 0.29) is 12.2 Å². The van der Waals surface area contributed by atoms with Gasteiger partial charge in [-0.25, -0.2) is 0 Å². The van der Waals surface area contributed by atoms with E-state index in [4.69, 9.17) is 9.47 Å². The second-order valence-electron chi connectivity index (χ2n) is 10.9. The predicted molar refractivity (Wildman–Crippen MR) is 168 cm³/mol. The van der Waals surface area contributed by atoms with Crippen LogP contribution < -0.4 is 21.2 Å². The molecule has 4 heteroatoms. The quantitative estimate of drug-likeness (QED) is 0.288. The van der Waals surface area contributed by atoms with E-state index >= 15 is 0 Å². The van der Waals surface area contributed by atoms with E-state index in [1.54, 1.807) is 0 Å². The number of benzene rings is 4. The van der Waals surface area contributed by atoms with Gasteiger partial charge in [0.15, 0.2) is 0 Å². The molecule has 4 aromatic rings. The number of hydrogen-bond donors (Lipinski definition) is 0. The van der Waals surface area contributed by atoms with Crippen molar-refractivity contribution in [2.24, 2.45) is 0 Å². The van der Waals surface area contributed by atoms with Gasteiger partial charge in [-0.2, -0.15) is 0 Å². The van der Waals surface area contributed by atoms with Crippen molar-refractivity contribution in [2.75, 3.05) is 18.9 Å². The fourth-order valence-electron chi connectivity index (χ4n) is 6.87. The van der Waals surface area contributed by atoms with Gasteiger partial charge in [0.2, 0.25) is 0 Å². The molecule has 6 rings (SSSR count). The van der Waals surface area contributed by atoms with Gasteiger partial charge < -0.3 is 0 Å². The fraction of sp³-hybridized carbons (Fsp3) is 0.235. The third-order valence-corrected chi connectivity index (χ3v) is 19.2. The van der Waals surface area contributed by atoms with Crippen LogP contribution in [0.25, 0.3) is 0 Å². The predicted octanol–water partition coefficient (Wildman–Crippen LogP) is 6.18. The fourth-order valence-corrected chi connectivity index (χ4v) is 19.5. The Hall–Kier alpha value is -2.76. The molecule has 4 aromatic carbocycles. The Morgan fingerprint density at radius 1 is 0.526 bits per heavy atom. The van der Waals surface area contributed by atoms with E-state index in [1.165, 1.54) is 32.0 Å². The van der Waals surface area contributed by atoms with Gasteiger partial charge in [0.25, 0.3) is 0 Å². The Morgan fingerprint density at radius 2 is 0.921 bits per heavy atom. The van der Waals surface area contributed by atoms with Gasteiger partial charge in [0.05, 0.1) is 0 Å². The molecule has 0 spiro atoms. The van der Waals surface area contributed by atoms with Crippen LogP contribution in [-0.4, -0.2) is 31.1 Å². The summed E-state index contributed by atoms with van der Waals surface area (Å²) >= 11 is 0. The molecule has 0 saturated heterocycles. The first-order chi connectivity index (χ1) is 18.6. The number of hydrogen-bond acceptors (Lipinski definition) is 2. The Balaban J connectivity index is 1.73. The van der Waals surface area contributed by atoms with Crippen molar-refractivity contribution < 1.29 is 9.47 Å². The molecule has 2 aliphatic rings. The molecule has 2 nitrogen and oxygen atoms in total. The summed E-state index contributed by atoms with van der Waals surface area (Å²) in [5.74, 6) is 0. The number of rotatable bonds is 4. The van der Waals surface area contributed by atoms with Crippen molar-refractivity contribution >= 4 is 35.7 Å². The molecule has 2 atom stereocenters. The summed E-state index contributed by atoms with van der Waals surface area (Å²) in [6, 6.07) is 45.0. The second-order valence-corrected chi connectivity index (χ2v) is 18.9. The molecule has 0 bridgehead atoms. The normalized spacial score (nSPS) is 24.2. The molecule has 2 unspecified atom stereocenters. The first-order valence-corrected chi connectivity index (χ1v) is 18.3. The van der Waals surface area contributed by atoms with E-state index in [1.807, 2.05) is 0 Å². The van der Waals surface area contributed by atoms with E-state index in [0.717, 1.165) is 18.7 Å². The van der Waals surface area contributed by atoms with Crippen LogP contribution in [0.2, 0.25) is 0 Å². The monoisotopic (exact) mass is 540 g/mol. The van der Waals surface area contributed by atoms with E-state index in [9.17, 15) is 0 Å². The third-order valence-electron chi connectivity index (χ3n) is 8.61. The molecule has 0 aliphatic carbocycles. The average Bonchev–Trinajstić information content (AvgIpc) is 2.97. The molecule has 196 valence electrons. The van der Waals surface area contributed by atoms with E-state index in [0.29, 0.717) is 6.61 Å². The van der Waals surface area contributed by atoms with Crippen LogP contribution in [0.5, 0.6) is 0 Å². The van der Waals surface area contributed by atoms with Crippen LogP contribution in [-0.2, 0) is 9.47 Å². The van der Waals surface area contributed by atoms with Gasteiger partial charge in [-0.05, 0) is 0 Å². The number of ether oxygens (including phenoxy) is 2. The zero-order chi connectivity index (χ0) is 26.0. The SMILES string of the molecule is CC1CC(C)OC2=C(CO1)[PH](c1ccccc1)(c1ccccc1)CC[PH]2(c1ccccc1)c1ccccc1. The van der Waals surface area contributed by atoms with E-state index < -0.39 is 14.5 Å². The zero-order valence-corrected chi connectivity index (χ0v) is 24.3. The summed E-state index contributed by atoms with van der Waals surface area (Å²) in [7, 11) is -4.86. The summed E-state index contributed by atoms with van der Waals surface area (Å²) in [6.07, 6.45) is 3.41. The topological polar surface area (TPSA) is 18.5 Å². The van der Waals surface area contributed by atoms with Gasteiger partial charge in [0.1, 0.15) is 0 Å². The average molecular weight is 541 g/mol. The summed E-state index contributed by atoms with van der Waals surface area (Å²) in [5.41, 5.74) is 1.26. The van der Waals surface area contributed by atoms with Gasteiger partial charge in [-0.3, -0.25) is 0 Å². The van der Waals surface area contributed by atoms with Crippen molar-refractivity contribution in [1.29, 1.82) is 0 Å². The van der Waals surface area contributed by atoms with Crippen LogP contribution >= 0.6 is 14.5 Å². The summed E-state index contributed by atoms with van der Waals surface area (Å²) in [4.78, 5) is 0. The van der Waals surface area contributed by atoms with Gasteiger partial charge in [-0.15, -0.1) is 0 Å². The summed E-state index contributed by atoms with van der Waals surface area (Å²) in [6.45, 7) is 5.06. The first-order valence-electron chi connectivity index (χ1n) is 13.9. The second kappa shape index (κ2) is 10.8. The van der Waals surface area contributed by atoms with Crippen LogP contribution in [0, 0.1) is 0 Å². The minimum atomic E-state index is -2.46. The Kier molecular flexibility index (Phi) is 7.24. The molecule has 0 radical (unpaired) electrons. The molecule has 0 aromatic heterocycles. The zero-order valence-electron chi connectivity index (χ0n) is 22.3. The van der Waals surface area contributed by atoms with Gasteiger partial charge >= 0.3 is 229 Å². The minimum absolute atomic E-state index is 0.0888. The van der Waals surface area contributed by atoms with E-state index in [2.05, 4.69) is 135 Å². The maximum absolute atomic E-state index is 7.28. The molecule has 0 fully saturated rings. The van der Waals surface area contributed by atoms with Crippen LogP contribution in [0.15, 0.2) is 132 Å². The third kappa shape index (κ3) is 4.34. The van der Waals surface area contributed by atoms with Crippen molar-refractivity contribution in [3.05, 3.63) is 132 Å².